The van der Waals surface area contributed by atoms with Gasteiger partial charge in [-0.2, -0.15) is 0 Å². The molecule has 0 aliphatic rings. The van der Waals surface area contributed by atoms with E-state index in [0.29, 0.717) is 28.2 Å². The van der Waals surface area contributed by atoms with Crippen molar-refractivity contribution in [3.05, 3.63) is 34.9 Å². The number of carbonyl (C=O) groups excluding carboxylic acids is 1. The van der Waals surface area contributed by atoms with E-state index in [1.54, 1.807) is 31.2 Å². The fraction of sp³-hybridized carbons (Fsp3) is 0.357. The molecule has 0 heterocycles. The van der Waals surface area contributed by atoms with Gasteiger partial charge in [-0.05, 0) is 37.1 Å². The summed E-state index contributed by atoms with van der Waals surface area (Å²) in [7, 11) is 4.00. The van der Waals surface area contributed by atoms with E-state index in [-0.39, 0.29) is 5.78 Å². The van der Waals surface area contributed by atoms with Gasteiger partial charge in [0.15, 0.2) is 0 Å². The summed E-state index contributed by atoms with van der Waals surface area (Å²) >= 11 is 5.78. The molecule has 0 fully saturated rings. The SMILES string of the molecule is CC#CC[N+](C)(C)CC(=O)c1ccc(Cl)cc1. The van der Waals surface area contributed by atoms with Crippen molar-refractivity contribution in [3.63, 3.8) is 0 Å². The average molecular weight is 251 g/mol. The average Bonchev–Trinajstić information content (AvgIpc) is 2.26. The predicted octanol–water partition coefficient (Wildman–Crippen LogP) is 2.62. The molecule has 0 bridgehead atoms. The van der Waals surface area contributed by atoms with Crippen molar-refractivity contribution in [2.24, 2.45) is 0 Å². The number of nitrogens with zero attached hydrogens (tertiary/aromatic N) is 1. The zero-order valence-electron chi connectivity index (χ0n) is 10.5. The van der Waals surface area contributed by atoms with Gasteiger partial charge in [0.1, 0.15) is 13.1 Å². The van der Waals surface area contributed by atoms with Crippen LogP contribution >= 0.6 is 11.6 Å². The van der Waals surface area contributed by atoms with Crippen molar-refractivity contribution in [1.29, 1.82) is 0 Å². The number of likely N-dealkylation sites (N-methyl/N-ethyl adjacent to an activating group) is 1. The molecule has 0 saturated carbocycles. The number of hydrogen-bond donors (Lipinski definition) is 0. The molecule has 0 saturated heterocycles. The molecule has 0 aromatic heterocycles. The normalized spacial score (nSPS) is 10.6. The first kappa shape index (κ1) is 13.8. The van der Waals surface area contributed by atoms with Crippen molar-refractivity contribution in [1.82, 2.24) is 0 Å². The second kappa shape index (κ2) is 5.86. The van der Waals surface area contributed by atoms with Crippen LogP contribution in [0.3, 0.4) is 0 Å². The lowest BCUT2D eigenvalue weighted by Gasteiger charge is -2.26. The van der Waals surface area contributed by atoms with Gasteiger partial charge in [-0.3, -0.25) is 4.79 Å². The summed E-state index contributed by atoms with van der Waals surface area (Å²) < 4.78 is 0.572. The molecular formula is C14H17ClNO+. The summed E-state index contributed by atoms with van der Waals surface area (Å²) in [5, 5.41) is 0.646. The largest absolute Gasteiger partial charge is 0.312 e. The van der Waals surface area contributed by atoms with Crippen molar-refractivity contribution in [2.45, 2.75) is 6.92 Å². The lowest BCUT2D eigenvalue weighted by molar-refractivity contribution is -0.874. The van der Waals surface area contributed by atoms with Gasteiger partial charge in [0.25, 0.3) is 0 Å². The summed E-state index contributed by atoms with van der Waals surface area (Å²) in [4.78, 5) is 12.0. The Bertz CT molecular complexity index is 451. The molecule has 0 unspecified atom stereocenters. The van der Waals surface area contributed by atoms with Crippen LogP contribution in [0.25, 0.3) is 0 Å². The number of quaternary nitrogens is 1. The van der Waals surface area contributed by atoms with Gasteiger partial charge in [0, 0.05) is 10.6 Å². The van der Waals surface area contributed by atoms with Gasteiger partial charge in [0.05, 0.1) is 14.1 Å². The number of carbonyl (C=O) groups is 1. The number of halogens is 1. The second-order valence-corrected chi connectivity index (χ2v) is 5.05. The Morgan fingerprint density at radius 2 is 1.88 bits per heavy atom. The van der Waals surface area contributed by atoms with E-state index >= 15 is 0 Å². The van der Waals surface area contributed by atoms with Crippen LogP contribution in [0.5, 0.6) is 0 Å². The monoisotopic (exact) mass is 250 g/mol. The molecule has 2 nitrogen and oxygen atoms in total. The van der Waals surface area contributed by atoms with Crippen LogP contribution in [0, 0.1) is 11.8 Å². The van der Waals surface area contributed by atoms with Gasteiger partial charge < -0.3 is 4.48 Å². The fourth-order valence-corrected chi connectivity index (χ4v) is 1.59. The first-order valence-corrected chi connectivity index (χ1v) is 5.83. The van der Waals surface area contributed by atoms with Gasteiger partial charge in [-0.15, -0.1) is 5.92 Å². The van der Waals surface area contributed by atoms with E-state index in [9.17, 15) is 4.79 Å². The van der Waals surface area contributed by atoms with E-state index < -0.39 is 0 Å². The van der Waals surface area contributed by atoms with Crippen LogP contribution in [0.4, 0.5) is 0 Å². The van der Waals surface area contributed by atoms with E-state index in [1.807, 2.05) is 14.1 Å². The Hall–Kier alpha value is -1.30. The third-order valence-electron chi connectivity index (χ3n) is 2.42. The molecule has 0 radical (unpaired) electrons. The molecule has 0 N–H and O–H groups in total. The van der Waals surface area contributed by atoms with Crippen molar-refractivity contribution >= 4 is 17.4 Å². The lowest BCUT2D eigenvalue weighted by atomic mass is 10.1. The van der Waals surface area contributed by atoms with E-state index in [1.165, 1.54) is 0 Å². The second-order valence-electron chi connectivity index (χ2n) is 4.61. The maximum atomic E-state index is 12.0. The summed E-state index contributed by atoms with van der Waals surface area (Å²) in [6.45, 7) is 2.92. The maximum absolute atomic E-state index is 12.0. The molecule has 0 atom stereocenters. The zero-order valence-corrected chi connectivity index (χ0v) is 11.2. The first-order valence-electron chi connectivity index (χ1n) is 5.45. The summed E-state index contributed by atoms with van der Waals surface area (Å²) in [6.07, 6.45) is 0. The molecule has 1 rings (SSSR count). The van der Waals surface area contributed by atoms with Crippen LogP contribution < -0.4 is 0 Å². The van der Waals surface area contributed by atoms with Gasteiger partial charge in [0.2, 0.25) is 5.78 Å². The molecule has 1 aromatic carbocycles. The van der Waals surface area contributed by atoms with Crippen LogP contribution in [-0.4, -0.2) is 37.5 Å². The number of hydrogen-bond acceptors (Lipinski definition) is 1. The van der Waals surface area contributed by atoms with Crippen molar-refractivity contribution < 1.29 is 9.28 Å². The van der Waals surface area contributed by atoms with Crippen LogP contribution in [-0.2, 0) is 0 Å². The first-order chi connectivity index (χ1) is 7.94. The van der Waals surface area contributed by atoms with Crippen molar-refractivity contribution in [2.75, 3.05) is 27.2 Å². The third-order valence-corrected chi connectivity index (χ3v) is 2.67. The van der Waals surface area contributed by atoms with Crippen molar-refractivity contribution in [3.8, 4) is 11.8 Å². The topological polar surface area (TPSA) is 17.1 Å². The smallest absolute Gasteiger partial charge is 0.216 e. The Morgan fingerprint density at radius 1 is 1.29 bits per heavy atom. The van der Waals surface area contributed by atoms with Crippen LogP contribution in [0.15, 0.2) is 24.3 Å². The number of rotatable bonds is 4. The minimum atomic E-state index is 0.115. The Kier molecular flexibility index (Phi) is 4.74. The molecular weight excluding hydrogens is 234 g/mol. The van der Waals surface area contributed by atoms with E-state index in [4.69, 9.17) is 11.6 Å². The number of Topliss-reactive ketones (excluding diaryl/α,β-unsaturated/α-hetero) is 1. The molecule has 0 amide bonds. The third kappa shape index (κ3) is 4.60. The van der Waals surface area contributed by atoms with E-state index in [2.05, 4.69) is 11.8 Å². The van der Waals surface area contributed by atoms with Gasteiger partial charge >= 0.3 is 0 Å². The number of ketones is 1. The summed E-state index contributed by atoms with van der Waals surface area (Å²) in [5.74, 6) is 5.97. The molecule has 1 aromatic rings. The highest BCUT2D eigenvalue weighted by Gasteiger charge is 2.19. The quantitative estimate of drug-likeness (QED) is 0.456. The molecule has 17 heavy (non-hydrogen) atoms. The van der Waals surface area contributed by atoms with Crippen LogP contribution in [0.2, 0.25) is 5.02 Å². The summed E-state index contributed by atoms with van der Waals surface area (Å²) in [5.41, 5.74) is 0.699. The van der Waals surface area contributed by atoms with Crippen LogP contribution in [0.1, 0.15) is 17.3 Å². The Morgan fingerprint density at radius 3 is 2.41 bits per heavy atom. The highest BCUT2D eigenvalue weighted by Crippen LogP contribution is 2.11. The highest BCUT2D eigenvalue weighted by molar-refractivity contribution is 6.30. The Labute approximate surface area is 108 Å². The molecule has 0 aliphatic carbocycles. The highest BCUT2D eigenvalue weighted by atomic mass is 35.5. The predicted molar refractivity (Wildman–Crippen MR) is 71.1 cm³/mol. The Balaban J connectivity index is 2.70. The summed E-state index contributed by atoms with van der Waals surface area (Å²) in [6, 6.07) is 6.99. The molecule has 90 valence electrons. The minimum absolute atomic E-state index is 0.115. The molecule has 0 spiro atoms. The minimum Gasteiger partial charge on any atom is -0.312 e. The van der Waals surface area contributed by atoms with Gasteiger partial charge in [-0.1, -0.05) is 11.6 Å². The molecule has 0 aliphatic heterocycles. The van der Waals surface area contributed by atoms with E-state index in [0.717, 1.165) is 0 Å². The molecule has 3 heteroatoms. The fourth-order valence-electron chi connectivity index (χ4n) is 1.46. The maximum Gasteiger partial charge on any atom is 0.216 e. The standard InChI is InChI=1S/C14H17ClNO/c1-4-5-10-16(2,3)11-14(17)12-6-8-13(15)9-7-12/h6-9H,10-11H2,1-3H3/q+1. The zero-order chi connectivity index (χ0) is 12.9. The van der Waals surface area contributed by atoms with Gasteiger partial charge in [-0.25, -0.2) is 0 Å². The lowest BCUT2D eigenvalue weighted by Crippen LogP contribution is -2.44. The number of benzene rings is 1.